The molecule has 1 unspecified atom stereocenters. The number of hydrogen-bond acceptors (Lipinski definition) is 2. The summed E-state index contributed by atoms with van der Waals surface area (Å²) in [5, 5.41) is 4.24. The van der Waals surface area contributed by atoms with Crippen molar-refractivity contribution in [2.24, 2.45) is 5.73 Å². The van der Waals surface area contributed by atoms with Crippen LogP contribution < -0.4 is 5.73 Å². The molecule has 0 aliphatic carbocycles. The quantitative estimate of drug-likeness (QED) is 0.702. The molecule has 0 amide bonds. The Bertz CT molecular complexity index is 268. The van der Waals surface area contributed by atoms with Crippen LogP contribution in [0.1, 0.15) is 57.6 Å². The fraction of sp³-hybridized carbons (Fsp3) is 0.750. The van der Waals surface area contributed by atoms with E-state index in [1.807, 2.05) is 10.9 Å². The van der Waals surface area contributed by atoms with Crippen molar-refractivity contribution in [2.75, 3.05) is 0 Å². The van der Waals surface area contributed by atoms with Crippen molar-refractivity contribution in [1.82, 2.24) is 9.78 Å². The van der Waals surface area contributed by atoms with Crippen molar-refractivity contribution < 1.29 is 0 Å². The largest absolute Gasteiger partial charge is 0.324 e. The molecule has 0 fully saturated rings. The van der Waals surface area contributed by atoms with E-state index >= 15 is 0 Å². The first-order valence-corrected chi connectivity index (χ1v) is 6.05. The van der Waals surface area contributed by atoms with Gasteiger partial charge in [0.1, 0.15) is 0 Å². The molecule has 2 N–H and O–H groups in total. The van der Waals surface area contributed by atoms with Crippen molar-refractivity contribution in [3.8, 4) is 0 Å². The Morgan fingerprint density at radius 1 is 1.33 bits per heavy atom. The van der Waals surface area contributed by atoms with Gasteiger partial charge in [0.15, 0.2) is 0 Å². The summed E-state index contributed by atoms with van der Waals surface area (Å²) < 4.78 is 1.93. The minimum Gasteiger partial charge on any atom is -0.324 e. The van der Waals surface area contributed by atoms with E-state index in [-0.39, 0.29) is 6.04 Å². The summed E-state index contributed by atoms with van der Waals surface area (Å²) in [5.41, 5.74) is 7.27. The average Bonchev–Trinajstić information content (AvgIpc) is 2.72. The molecule has 0 bridgehead atoms. The Hall–Kier alpha value is -0.830. The molecule has 15 heavy (non-hydrogen) atoms. The second kappa shape index (κ2) is 6.62. The predicted molar refractivity (Wildman–Crippen MR) is 63.6 cm³/mol. The molecule has 1 heterocycles. The van der Waals surface area contributed by atoms with Crippen LogP contribution in [0.15, 0.2) is 12.4 Å². The molecule has 1 rings (SSSR count). The SMILES string of the molecule is CCCCCCC(N)c1cnn(CC)c1. The van der Waals surface area contributed by atoms with E-state index in [1.54, 1.807) is 0 Å². The molecule has 0 aromatic carbocycles. The zero-order valence-corrected chi connectivity index (χ0v) is 9.95. The van der Waals surface area contributed by atoms with Crippen LogP contribution >= 0.6 is 0 Å². The Morgan fingerprint density at radius 2 is 2.13 bits per heavy atom. The van der Waals surface area contributed by atoms with Crippen LogP contribution in [0, 0.1) is 0 Å². The molecule has 0 aliphatic rings. The lowest BCUT2D eigenvalue weighted by molar-refractivity contribution is 0.565. The molecule has 1 aromatic heterocycles. The highest BCUT2D eigenvalue weighted by molar-refractivity contribution is 5.09. The second-order valence-electron chi connectivity index (χ2n) is 4.09. The number of nitrogens with two attached hydrogens (primary N) is 1. The topological polar surface area (TPSA) is 43.8 Å². The Balaban J connectivity index is 2.29. The van der Waals surface area contributed by atoms with Crippen molar-refractivity contribution in [3.63, 3.8) is 0 Å². The summed E-state index contributed by atoms with van der Waals surface area (Å²) in [7, 11) is 0. The van der Waals surface area contributed by atoms with Gasteiger partial charge in [0.25, 0.3) is 0 Å². The third-order valence-electron chi connectivity index (χ3n) is 2.77. The maximum atomic E-state index is 6.09. The number of rotatable bonds is 7. The molecule has 3 nitrogen and oxygen atoms in total. The zero-order valence-electron chi connectivity index (χ0n) is 9.95. The fourth-order valence-corrected chi connectivity index (χ4v) is 1.70. The van der Waals surface area contributed by atoms with Crippen molar-refractivity contribution in [3.05, 3.63) is 18.0 Å². The lowest BCUT2D eigenvalue weighted by Gasteiger charge is -2.08. The highest BCUT2D eigenvalue weighted by Gasteiger charge is 2.07. The summed E-state index contributed by atoms with van der Waals surface area (Å²) in [5.74, 6) is 0. The molecule has 0 saturated carbocycles. The molecular formula is C12H23N3. The van der Waals surface area contributed by atoms with Crippen LogP contribution in [-0.2, 0) is 6.54 Å². The van der Waals surface area contributed by atoms with Gasteiger partial charge in [0.05, 0.1) is 6.20 Å². The Kier molecular flexibility index (Phi) is 5.40. The van der Waals surface area contributed by atoms with Crippen LogP contribution in [0.4, 0.5) is 0 Å². The number of unbranched alkanes of at least 4 members (excludes halogenated alkanes) is 3. The summed E-state index contributed by atoms with van der Waals surface area (Å²) in [6, 6.07) is 0.169. The number of aryl methyl sites for hydroxylation is 1. The van der Waals surface area contributed by atoms with Crippen LogP contribution in [0.2, 0.25) is 0 Å². The van der Waals surface area contributed by atoms with E-state index in [0.29, 0.717) is 0 Å². The predicted octanol–water partition coefficient (Wildman–Crippen LogP) is 2.87. The van der Waals surface area contributed by atoms with E-state index in [0.717, 1.165) is 13.0 Å². The normalized spacial score (nSPS) is 13.0. The van der Waals surface area contributed by atoms with Crippen LogP contribution in [-0.4, -0.2) is 9.78 Å². The Morgan fingerprint density at radius 3 is 2.73 bits per heavy atom. The molecule has 1 aromatic rings. The third-order valence-corrected chi connectivity index (χ3v) is 2.77. The van der Waals surface area contributed by atoms with Gasteiger partial charge in [-0.3, -0.25) is 4.68 Å². The zero-order chi connectivity index (χ0) is 11.1. The van der Waals surface area contributed by atoms with E-state index in [4.69, 9.17) is 5.73 Å². The molecule has 1 atom stereocenters. The van der Waals surface area contributed by atoms with E-state index in [1.165, 1.54) is 31.2 Å². The van der Waals surface area contributed by atoms with Gasteiger partial charge < -0.3 is 5.73 Å². The van der Waals surface area contributed by atoms with Crippen molar-refractivity contribution in [2.45, 2.75) is 58.5 Å². The summed E-state index contributed by atoms with van der Waals surface area (Å²) in [6.07, 6.45) is 10.2. The molecule has 3 heteroatoms. The van der Waals surface area contributed by atoms with Gasteiger partial charge in [-0.2, -0.15) is 5.10 Å². The summed E-state index contributed by atoms with van der Waals surface area (Å²) in [6.45, 7) is 5.23. The first kappa shape index (κ1) is 12.2. The molecule has 0 spiro atoms. The van der Waals surface area contributed by atoms with Gasteiger partial charge in [-0.05, 0) is 13.3 Å². The standard InChI is InChI=1S/C12H23N3/c1-3-5-6-7-8-12(13)11-9-14-15(4-2)10-11/h9-10,12H,3-8,13H2,1-2H3. The van der Waals surface area contributed by atoms with Gasteiger partial charge in [0.2, 0.25) is 0 Å². The van der Waals surface area contributed by atoms with Crippen LogP contribution in [0.25, 0.3) is 0 Å². The number of nitrogens with zero attached hydrogens (tertiary/aromatic N) is 2. The highest BCUT2D eigenvalue weighted by Crippen LogP contribution is 2.16. The molecule has 86 valence electrons. The highest BCUT2D eigenvalue weighted by atomic mass is 15.3. The minimum atomic E-state index is 0.169. The van der Waals surface area contributed by atoms with Crippen molar-refractivity contribution >= 4 is 0 Å². The lowest BCUT2D eigenvalue weighted by Crippen LogP contribution is -2.09. The van der Waals surface area contributed by atoms with Gasteiger partial charge in [-0.15, -0.1) is 0 Å². The maximum absolute atomic E-state index is 6.09. The fourth-order valence-electron chi connectivity index (χ4n) is 1.70. The minimum absolute atomic E-state index is 0.169. The maximum Gasteiger partial charge on any atom is 0.0537 e. The first-order chi connectivity index (χ1) is 7.27. The number of hydrogen-bond donors (Lipinski definition) is 1. The molecule has 0 radical (unpaired) electrons. The van der Waals surface area contributed by atoms with Crippen LogP contribution in [0.5, 0.6) is 0 Å². The van der Waals surface area contributed by atoms with E-state index < -0.39 is 0 Å². The molecular weight excluding hydrogens is 186 g/mol. The van der Waals surface area contributed by atoms with Gasteiger partial charge in [-0.1, -0.05) is 32.6 Å². The summed E-state index contributed by atoms with van der Waals surface area (Å²) >= 11 is 0. The molecule has 0 aliphatic heterocycles. The monoisotopic (exact) mass is 209 g/mol. The Labute approximate surface area is 92.7 Å². The lowest BCUT2D eigenvalue weighted by atomic mass is 10.0. The third kappa shape index (κ3) is 4.04. The van der Waals surface area contributed by atoms with Gasteiger partial charge >= 0.3 is 0 Å². The average molecular weight is 209 g/mol. The van der Waals surface area contributed by atoms with Gasteiger partial charge in [-0.25, -0.2) is 0 Å². The van der Waals surface area contributed by atoms with E-state index in [2.05, 4.69) is 25.1 Å². The van der Waals surface area contributed by atoms with E-state index in [9.17, 15) is 0 Å². The smallest absolute Gasteiger partial charge is 0.0537 e. The summed E-state index contributed by atoms with van der Waals surface area (Å²) in [4.78, 5) is 0. The van der Waals surface area contributed by atoms with Crippen molar-refractivity contribution in [1.29, 1.82) is 0 Å². The van der Waals surface area contributed by atoms with Gasteiger partial charge in [0, 0.05) is 24.3 Å². The number of aromatic nitrogens is 2. The van der Waals surface area contributed by atoms with Crippen LogP contribution in [0.3, 0.4) is 0 Å². The second-order valence-corrected chi connectivity index (χ2v) is 4.09. The molecule has 0 saturated heterocycles. The first-order valence-electron chi connectivity index (χ1n) is 6.05.